The van der Waals surface area contributed by atoms with E-state index < -0.39 is 13.0 Å². The monoisotopic (exact) mass is 182 g/mol. The lowest BCUT2D eigenvalue weighted by Crippen LogP contribution is -2.15. The normalized spacial score (nSPS) is 11.9. The van der Waals surface area contributed by atoms with Crippen LogP contribution in [0.4, 0.5) is 13.2 Å². The van der Waals surface area contributed by atoms with Gasteiger partial charge in [-0.2, -0.15) is 5.21 Å². The van der Waals surface area contributed by atoms with Crippen LogP contribution in [0.25, 0.3) is 0 Å². The Balaban J connectivity index is 2.20. The molecule has 0 spiro atoms. The molecule has 5 nitrogen and oxygen atoms in total. The second-order valence-electron chi connectivity index (χ2n) is 1.87. The predicted molar refractivity (Wildman–Crippen MR) is 29.9 cm³/mol. The Morgan fingerprint density at radius 2 is 2.17 bits per heavy atom. The third kappa shape index (κ3) is 3.28. The molecule has 8 heteroatoms. The number of nitrogens with one attached hydrogen (secondary N) is 1. The zero-order valence-electron chi connectivity index (χ0n) is 5.80. The van der Waals surface area contributed by atoms with Crippen molar-refractivity contribution in [2.24, 2.45) is 0 Å². The Bertz CT molecular complexity index is 221. The molecule has 0 aromatic carbocycles. The van der Waals surface area contributed by atoms with Gasteiger partial charge in [-0.05, 0) is 0 Å². The van der Waals surface area contributed by atoms with Crippen LogP contribution in [0, 0.1) is 0 Å². The van der Waals surface area contributed by atoms with Crippen LogP contribution in [-0.4, -0.2) is 33.6 Å². The van der Waals surface area contributed by atoms with Crippen molar-refractivity contribution in [3.8, 4) is 0 Å². The topological polar surface area (TPSA) is 63.7 Å². The van der Waals surface area contributed by atoms with E-state index >= 15 is 0 Å². The van der Waals surface area contributed by atoms with E-state index in [4.69, 9.17) is 0 Å². The van der Waals surface area contributed by atoms with Gasteiger partial charge in [0.25, 0.3) is 0 Å². The van der Waals surface area contributed by atoms with Crippen molar-refractivity contribution in [1.82, 2.24) is 20.6 Å². The summed E-state index contributed by atoms with van der Waals surface area (Å²) in [6.45, 7) is -0.497. The van der Waals surface area contributed by atoms with Gasteiger partial charge in [-0.15, -0.1) is 23.4 Å². The van der Waals surface area contributed by atoms with Crippen molar-refractivity contribution in [3.05, 3.63) is 5.82 Å². The van der Waals surface area contributed by atoms with Crippen molar-refractivity contribution in [3.63, 3.8) is 0 Å². The molecule has 1 N–H and O–H groups in total. The minimum atomic E-state index is -4.59. The SMILES string of the molecule is FC(F)(F)OCCc1nn[nH]n1. The van der Waals surface area contributed by atoms with E-state index in [9.17, 15) is 13.2 Å². The Labute approximate surface area is 64.9 Å². The molecule has 0 aliphatic carbocycles. The zero-order chi connectivity index (χ0) is 9.03. The molecule has 0 fully saturated rings. The van der Waals surface area contributed by atoms with Crippen LogP contribution in [0.5, 0.6) is 0 Å². The van der Waals surface area contributed by atoms with Crippen LogP contribution in [0.2, 0.25) is 0 Å². The maximum absolute atomic E-state index is 11.4. The Morgan fingerprint density at radius 3 is 2.67 bits per heavy atom. The fourth-order valence-electron chi connectivity index (χ4n) is 0.546. The van der Waals surface area contributed by atoms with E-state index in [1.807, 2.05) is 0 Å². The molecule has 0 saturated heterocycles. The lowest BCUT2D eigenvalue weighted by Gasteiger charge is -2.04. The number of rotatable bonds is 3. The maximum atomic E-state index is 11.4. The van der Waals surface area contributed by atoms with E-state index in [0.29, 0.717) is 0 Å². The summed E-state index contributed by atoms with van der Waals surface area (Å²) < 4.78 is 37.7. The van der Waals surface area contributed by atoms with Crippen LogP contribution in [0.1, 0.15) is 5.82 Å². The third-order valence-corrected chi connectivity index (χ3v) is 0.981. The first-order valence-corrected chi connectivity index (χ1v) is 3.01. The number of tetrazole rings is 1. The number of H-pyrrole nitrogens is 1. The van der Waals surface area contributed by atoms with Gasteiger partial charge in [0.2, 0.25) is 0 Å². The van der Waals surface area contributed by atoms with Crippen LogP contribution >= 0.6 is 0 Å². The highest BCUT2D eigenvalue weighted by molar-refractivity contribution is 4.74. The molecule has 0 radical (unpaired) electrons. The second-order valence-corrected chi connectivity index (χ2v) is 1.87. The van der Waals surface area contributed by atoms with Gasteiger partial charge in [-0.3, -0.25) is 4.74 Å². The molecule has 68 valence electrons. The molecule has 0 saturated carbocycles. The first-order chi connectivity index (χ1) is 5.58. The molecule has 1 heterocycles. The number of alkyl halides is 3. The van der Waals surface area contributed by atoms with E-state index in [-0.39, 0.29) is 12.2 Å². The second kappa shape index (κ2) is 3.48. The van der Waals surface area contributed by atoms with Crippen LogP contribution in [0.15, 0.2) is 0 Å². The lowest BCUT2D eigenvalue weighted by atomic mass is 10.4. The molecule has 1 aromatic rings. The largest absolute Gasteiger partial charge is 0.522 e. The lowest BCUT2D eigenvalue weighted by molar-refractivity contribution is -0.324. The minimum Gasteiger partial charge on any atom is -0.291 e. The fraction of sp³-hybridized carbons (Fsp3) is 0.750. The highest BCUT2D eigenvalue weighted by Crippen LogP contribution is 2.15. The van der Waals surface area contributed by atoms with Crippen molar-refractivity contribution in [2.75, 3.05) is 6.61 Å². The van der Waals surface area contributed by atoms with Gasteiger partial charge in [0.05, 0.1) is 6.61 Å². The fourth-order valence-corrected chi connectivity index (χ4v) is 0.546. The summed E-state index contributed by atoms with van der Waals surface area (Å²) in [6.07, 6.45) is -4.61. The molecule has 0 unspecified atom stereocenters. The van der Waals surface area contributed by atoms with Gasteiger partial charge in [0.15, 0.2) is 5.82 Å². The minimum absolute atomic E-state index is 0.0178. The summed E-state index contributed by atoms with van der Waals surface area (Å²) in [6, 6.07) is 0. The van der Waals surface area contributed by atoms with Crippen LogP contribution < -0.4 is 0 Å². The van der Waals surface area contributed by atoms with Crippen LogP contribution in [0.3, 0.4) is 0 Å². The van der Waals surface area contributed by atoms with Gasteiger partial charge in [-0.1, -0.05) is 5.21 Å². The number of hydrogen-bond donors (Lipinski definition) is 1. The molecule has 1 rings (SSSR count). The summed E-state index contributed by atoms with van der Waals surface area (Å²) in [5.74, 6) is 0.194. The van der Waals surface area contributed by atoms with E-state index in [0.717, 1.165) is 0 Å². The molecular formula is C4H5F3N4O. The van der Waals surface area contributed by atoms with E-state index in [1.165, 1.54) is 0 Å². The Hall–Kier alpha value is -1.18. The number of ether oxygens (including phenoxy) is 1. The summed E-state index contributed by atoms with van der Waals surface area (Å²) in [5.41, 5.74) is 0. The van der Waals surface area contributed by atoms with Gasteiger partial charge >= 0.3 is 6.36 Å². The number of aromatic amines is 1. The van der Waals surface area contributed by atoms with Gasteiger partial charge in [0, 0.05) is 6.42 Å². The van der Waals surface area contributed by atoms with Gasteiger partial charge < -0.3 is 0 Å². The quantitative estimate of drug-likeness (QED) is 0.729. The Morgan fingerprint density at radius 1 is 1.42 bits per heavy atom. The average molecular weight is 182 g/mol. The highest BCUT2D eigenvalue weighted by Gasteiger charge is 2.28. The molecule has 0 bridgehead atoms. The summed E-state index contributed by atoms with van der Waals surface area (Å²) in [7, 11) is 0. The Kier molecular flexibility index (Phi) is 2.58. The van der Waals surface area contributed by atoms with Crippen LogP contribution in [-0.2, 0) is 11.2 Å². The summed E-state index contributed by atoms with van der Waals surface area (Å²) in [5, 5.41) is 12.2. The standard InChI is InChI=1S/C4H5F3N4O/c5-4(6,7)12-2-1-3-8-10-11-9-3/h1-2H2,(H,8,9,10,11). The van der Waals surface area contributed by atoms with Crippen molar-refractivity contribution >= 4 is 0 Å². The number of nitrogens with zero attached hydrogens (tertiary/aromatic N) is 3. The van der Waals surface area contributed by atoms with E-state index in [1.54, 1.807) is 0 Å². The predicted octanol–water partition coefficient (Wildman–Crippen LogP) is 0.279. The highest BCUT2D eigenvalue weighted by atomic mass is 19.4. The summed E-state index contributed by atoms with van der Waals surface area (Å²) in [4.78, 5) is 0. The van der Waals surface area contributed by atoms with E-state index in [2.05, 4.69) is 25.4 Å². The molecule has 0 aliphatic heterocycles. The first-order valence-electron chi connectivity index (χ1n) is 3.01. The molecule has 0 aliphatic rings. The average Bonchev–Trinajstić information content (AvgIpc) is 2.36. The molecule has 0 atom stereocenters. The zero-order valence-corrected chi connectivity index (χ0v) is 5.80. The molecular weight excluding hydrogens is 177 g/mol. The summed E-state index contributed by atoms with van der Waals surface area (Å²) >= 11 is 0. The van der Waals surface area contributed by atoms with Gasteiger partial charge in [-0.25, -0.2) is 0 Å². The maximum Gasteiger partial charge on any atom is 0.522 e. The number of hydrogen-bond acceptors (Lipinski definition) is 4. The van der Waals surface area contributed by atoms with Gasteiger partial charge in [0.1, 0.15) is 0 Å². The third-order valence-electron chi connectivity index (χ3n) is 0.981. The molecule has 0 amide bonds. The van der Waals surface area contributed by atoms with Crippen molar-refractivity contribution in [1.29, 1.82) is 0 Å². The first kappa shape index (κ1) is 8.91. The number of aromatic nitrogens is 4. The van der Waals surface area contributed by atoms with Crippen molar-refractivity contribution < 1.29 is 17.9 Å². The molecule has 12 heavy (non-hydrogen) atoms. The number of halogens is 3. The smallest absolute Gasteiger partial charge is 0.291 e. The van der Waals surface area contributed by atoms with Crippen molar-refractivity contribution in [2.45, 2.75) is 12.8 Å². The molecule has 1 aromatic heterocycles.